The normalized spacial score (nSPS) is 12.2. The number of fused-ring (bicyclic) bond motifs is 3. The Bertz CT molecular complexity index is 1230. The SMILES string of the molecule is CNCCOCCOCCOCCOCCOCCOCCOCCOCCOCCOCCOCCOCCCNC(=O)OCC1c2ccccc2-c2ccccc21. The van der Waals surface area contributed by atoms with Crippen LogP contribution in [0.3, 0.4) is 0 Å². The van der Waals surface area contributed by atoms with E-state index < -0.39 is 6.09 Å². The molecule has 1 aliphatic rings. The Morgan fingerprint density at radius 3 is 1.07 bits per heavy atom. The standard InChI is InChI=1S/C43H70N2O14/c1-44-12-14-48-16-18-50-20-22-52-24-26-54-28-30-56-32-34-58-36-35-57-33-31-55-29-27-53-25-23-51-21-19-49-17-15-47-13-6-11-45-43(46)59-37-42-40-9-4-2-7-38(40)39-8-3-5-10-41(39)42/h2-5,7-10,42,44H,6,11-37H2,1H3,(H,45,46). The summed E-state index contributed by atoms with van der Waals surface area (Å²) in [4.78, 5) is 12.3. The van der Waals surface area contributed by atoms with E-state index in [1.54, 1.807) is 0 Å². The van der Waals surface area contributed by atoms with Gasteiger partial charge in [0.05, 0.1) is 152 Å². The van der Waals surface area contributed by atoms with Crippen LogP contribution in [0.15, 0.2) is 48.5 Å². The highest BCUT2D eigenvalue weighted by molar-refractivity contribution is 5.79. The maximum atomic E-state index is 12.3. The van der Waals surface area contributed by atoms with Crippen molar-refractivity contribution in [3.63, 3.8) is 0 Å². The molecule has 0 spiro atoms. The van der Waals surface area contributed by atoms with Crippen LogP contribution in [0.25, 0.3) is 11.1 Å². The zero-order valence-electron chi connectivity index (χ0n) is 35.2. The molecule has 59 heavy (non-hydrogen) atoms. The van der Waals surface area contributed by atoms with E-state index in [1.807, 2.05) is 31.3 Å². The Hall–Kier alpha value is -2.81. The molecule has 0 aromatic heterocycles. The molecular weight excluding hydrogens is 768 g/mol. The van der Waals surface area contributed by atoms with Crippen molar-refractivity contribution < 1.29 is 66.4 Å². The highest BCUT2D eigenvalue weighted by atomic mass is 16.6. The number of benzene rings is 2. The summed E-state index contributed by atoms with van der Waals surface area (Å²) >= 11 is 0. The number of amides is 1. The number of rotatable bonds is 42. The maximum absolute atomic E-state index is 12.3. The predicted molar refractivity (Wildman–Crippen MR) is 221 cm³/mol. The largest absolute Gasteiger partial charge is 0.449 e. The molecule has 16 heteroatoms. The van der Waals surface area contributed by atoms with Gasteiger partial charge in [-0.15, -0.1) is 0 Å². The third-order valence-electron chi connectivity index (χ3n) is 8.67. The first-order chi connectivity index (χ1) is 29.3. The lowest BCUT2D eigenvalue weighted by molar-refractivity contribution is -0.0283. The van der Waals surface area contributed by atoms with Gasteiger partial charge in [-0.05, 0) is 35.7 Å². The van der Waals surface area contributed by atoms with E-state index in [4.69, 9.17) is 61.6 Å². The molecule has 0 saturated heterocycles. The Morgan fingerprint density at radius 2 is 0.729 bits per heavy atom. The first kappa shape index (κ1) is 50.5. The molecule has 0 radical (unpaired) electrons. The lowest BCUT2D eigenvalue weighted by Gasteiger charge is -2.14. The predicted octanol–water partition coefficient (Wildman–Crippen LogP) is 3.33. The lowest BCUT2D eigenvalue weighted by Crippen LogP contribution is -2.27. The van der Waals surface area contributed by atoms with Gasteiger partial charge in [-0.25, -0.2) is 4.79 Å². The van der Waals surface area contributed by atoms with E-state index in [-0.39, 0.29) is 5.92 Å². The molecule has 2 aromatic rings. The monoisotopic (exact) mass is 838 g/mol. The van der Waals surface area contributed by atoms with Gasteiger partial charge in [0.25, 0.3) is 0 Å². The van der Waals surface area contributed by atoms with Crippen molar-refractivity contribution in [2.75, 3.05) is 185 Å². The molecule has 2 N–H and O–H groups in total. The van der Waals surface area contributed by atoms with E-state index in [0.717, 1.165) is 6.54 Å². The Kier molecular flexibility index (Phi) is 31.7. The summed E-state index contributed by atoms with van der Waals surface area (Å²) in [5.74, 6) is 0.0481. The molecule has 1 amide bonds. The van der Waals surface area contributed by atoms with Gasteiger partial charge in [0.1, 0.15) is 6.61 Å². The average molecular weight is 839 g/mol. The summed E-state index contributed by atoms with van der Waals surface area (Å²) in [6.07, 6.45) is 0.267. The molecule has 0 bridgehead atoms. The summed E-state index contributed by atoms with van der Waals surface area (Å²) < 4.78 is 71.5. The molecule has 0 saturated carbocycles. The second-order valence-corrected chi connectivity index (χ2v) is 13.1. The van der Waals surface area contributed by atoms with Crippen molar-refractivity contribution >= 4 is 6.09 Å². The Balaban J connectivity index is 0.923. The highest BCUT2D eigenvalue weighted by Crippen LogP contribution is 2.44. The van der Waals surface area contributed by atoms with Crippen molar-refractivity contribution in [2.24, 2.45) is 0 Å². The van der Waals surface area contributed by atoms with Crippen LogP contribution in [-0.2, 0) is 61.6 Å². The first-order valence-corrected chi connectivity index (χ1v) is 21.0. The van der Waals surface area contributed by atoms with Gasteiger partial charge < -0.3 is 72.2 Å². The van der Waals surface area contributed by atoms with E-state index in [0.29, 0.717) is 178 Å². The summed E-state index contributed by atoms with van der Waals surface area (Å²) in [5, 5.41) is 5.83. The van der Waals surface area contributed by atoms with Crippen molar-refractivity contribution in [1.29, 1.82) is 0 Å². The van der Waals surface area contributed by atoms with Crippen LogP contribution in [0.2, 0.25) is 0 Å². The fourth-order valence-corrected chi connectivity index (χ4v) is 5.71. The molecule has 3 rings (SSSR count). The fourth-order valence-electron chi connectivity index (χ4n) is 5.71. The molecule has 336 valence electrons. The molecule has 1 aliphatic carbocycles. The van der Waals surface area contributed by atoms with Crippen LogP contribution < -0.4 is 10.6 Å². The van der Waals surface area contributed by atoms with Crippen molar-refractivity contribution in [1.82, 2.24) is 10.6 Å². The number of carbonyl (C=O) groups excluding carboxylic acids is 1. The van der Waals surface area contributed by atoms with E-state index in [1.165, 1.54) is 22.3 Å². The smallest absolute Gasteiger partial charge is 0.407 e. The molecule has 0 aliphatic heterocycles. The second kappa shape index (κ2) is 37.0. The number of likely N-dealkylation sites (N-methyl/N-ethyl adjacent to an activating group) is 1. The summed E-state index contributed by atoms with van der Waals surface area (Å²) in [5.41, 5.74) is 4.81. The molecule has 0 atom stereocenters. The van der Waals surface area contributed by atoms with Gasteiger partial charge in [-0.2, -0.15) is 0 Å². The number of carbonyl (C=O) groups is 1. The van der Waals surface area contributed by atoms with Gasteiger partial charge in [-0.1, -0.05) is 48.5 Å². The molecule has 0 unspecified atom stereocenters. The highest BCUT2D eigenvalue weighted by Gasteiger charge is 2.28. The zero-order chi connectivity index (χ0) is 41.5. The maximum Gasteiger partial charge on any atom is 0.407 e. The van der Waals surface area contributed by atoms with Crippen LogP contribution in [0.4, 0.5) is 4.79 Å². The minimum absolute atomic E-state index is 0.0481. The summed E-state index contributed by atoms with van der Waals surface area (Å²) in [7, 11) is 1.89. The lowest BCUT2D eigenvalue weighted by atomic mass is 9.98. The Morgan fingerprint density at radius 1 is 0.424 bits per heavy atom. The summed E-state index contributed by atoms with van der Waals surface area (Å²) in [6.45, 7) is 14.0. The van der Waals surface area contributed by atoms with Gasteiger partial charge in [0.15, 0.2) is 0 Å². The van der Waals surface area contributed by atoms with Crippen LogP contribution >= 0.6 is 0 Å². The first-order valence-electron chi connectivity index (χ1n) is 21.0. The minimum Gasteiger partial charge on any atom is -0.449 e. The molecular formula is C43H70N2O14. The average Bonchev–Trinajstić information content (AvgIpc) is 3.58. The van der Waals surface area contributed by atoms with Gasteiger partial charge in [-0.3, -0.25) is 0 Å². The Labute approximate surface area is 351 Å². The quantitative estimate of drug-likeness (QED) is 0.0937. The summed E-state index contributed by atoms with van der Waals surface area (Å²) in [6, 6.07) is 16.6. The van der Waals surface area contributed by atoms with Crippen molar-refractivity contribution in [3.8, 4) is 11.1 Å². The fraction of sp³-hybridized carbons (Fsp3) is 0.698. The van der Waals surface area contributed by atoms with Crippen LogP contribution in [0.1, 0.15) is 23.5 Å². The topological polar surface area (TPSA) is 161 Å². The molecule has 16 nitrogen and oxygen atoms in total. The number of alkyl carbamates (subject to hydrolysis) is 1. The van der Waals surface area contributed by atoms with E-state index in [2.05, 4.69) is 34.9 Å². The molecule has 0 fully saturated rings. The van der Waals surface area contributed by atoms with Gasteiger partial charge in [0.2, 0.25) is 0 Å². The van der Waals surface area contributed by atoms with E-state index in [9.17, 15) is 4.79 Å². The third kappa shape index (κ3) is 25.5. The number of hydrogen-bond donors (Lipinski definition) is 2. The molecule has 2 aromatic carbocycles. The number of nitrogens with one attached hydrogen (secondary N) is 2. The zero-order valence-corrected chi connectivity index (χ0v) is 35.2. The van der Waals surface area contributed by atoms with Crippen LogP contribution in [0.5, 0.6) is 0 Å². The van der Waals surface area contributed by atoms with Crippen molar-refractivity contribution in [3.05, 3.63) is 59.7 Å². The van der Waals surface area contributed by atoms with Crippen LogP contribution in [0, 0.1) is 0 Å². The number of hydrogen-bond acceptors (Lipinski definition) is 15. The van der Waals surface area contributed by atoms with Gasteiger partial charge in [0, 0.05) is 25.6 Å². The van der Waals surface area contributed by atoms with Gasteiger partial charge >= 0.3 is 6.09 Å². The third-order valence-corrected chi connectivity index (χ3v) is 8.67. The van der Waals surface area contributed by atoms with Crippen LogP contribution in [-0.4, -0.2) is 191 Å². The van der Waals surface area contributed by atoms with E-state index >= 15 is 0 Å². The minimum atomic E-state index is -0.416. The molecule has 0 heterocycles. The second-order valence-electron chi connectivity index (χ2n) is 13.1. The van der Waals surface area contributed by atoms with Crippen molar-refractivity contribution in [2.45, 2.75) is 12.3 Å². The number of ether oxygens (including phenoxy) is 13.